The van der Waals surface area contributed by atoms with E-state index in [-0.39, 0.29) is 30.7 Å². The number of hydrogen-bond acceptors (Lipinski definition) is 6. The molecule has 1 fully saturated rings. The Labute approximate surface area is 196 Å². The fourth-order valence-electron chi connectivity index (χ4n) is 4.32. The van der Waals surface area contributed by atoms with Crippen LogP contribution in [0.4, 0.5) is 0 Å². The summed E-state index contributed by atoms with van der Waals surface area (Å²) in [5.41, 5.74) is 1.41. The van der Waals surface area contributed by atoms with Crippen molar-refractivity contribution in [1.29, 1.82) is 0 Å². The number of imide groups is 1. The second-order valence-corrected chi connectivity index (χ2v) is 8.33. The van der Waals surface area contributed by atoms with Gasteiger partial charge in [-0.3, -0.25) is 24.2 Å². The van der Waals surface area contributed by atoms with E-state index in [0.717, 1.165) is 4.90 Å². The van der Waals surface area contributed by atoms with Gasteiger partial charge in [0.2, 0.25) is 5.91 Å². The number of nitrogens with zero attached hydrogens (tertiary/aromatic N) is 3. The molecule has 0 radical (unpaired) electrons. The zero-order chi connectivity index (χ0) is 23.5. The summed E-state index contributed by atoms with van der Waals surface area (Å²) in [6.07, 6.45) is 0.0520. The van der Waals surface area contributed by atoms with E-state index >= 15 is 0 Å². The molecular formula is C24H24ClN3O5. The summed E-state index contributed by atoms with van der Waals surface area (Å²) in [7, 11) is 1.34. The lowest BCUT2D eigenvalue weighted by molar-refractivity contribution is -0.148. The number of carbonyl (C=O) groups is 4. The number of carbonyl (C=O) groups excluding carboxylic acids is 4. The zero-order valence-corrected chi connectivity index (χ0v) is 19.0. The molecule has 0 aromatic heterocycles. The summed E-state index contributed by atoms with van der Waals surface area (Å²) >= 11 is 6.32. The van der Waals surface area contributed by atoms with E-state index in [1.807, 2.05) is 11.0 Å². The molecule has 0 N–H and O–H groups in total. The molecule has 2 aromatic rings. The minimum atomic E-state index is -0.653. The fraction of sp³-hybridized carbons (Fsp3) is 0.333. The average Bonchev–Trinajstić information content (AvgIpc) is 3.08. The number of ether oxygens (including phenoxy) is 1. The SMILES string of the molecule is COC(=O)[C@H](c1ccccc1Cl)N1CCN(C(=O)CCN2C(=O)c3ccccc3C2=O)CC1. The van der Waals surface area contributed by atoms with Gasteiger partial charge in [-0.05, 0) is 23.8 Å². The van der Waals surface area contributed by atoms with Crippen LogP contribution in [0.1, 0.15) is 38.7 Å². The third-order valence-corrected chi connectivity index (χ3v) is 6.43. The van der Waals surface area contributed by atoms with Gasteiger partial charge in [-0.1, -0.05) is 41.9 Å². The van der Waals surface area contributed by atoms with Crippen molar-refractivity contribution in [3.05, 3.63) is 70.2 Å². The molecule has 2 aliphatic rings. The highest BCUT2D eigenvalue weighted by atomic mass is 35.5. The molecule has 1 saturated heterocycles. The minimum Gasteiger partial charge on any atom is -0.468 e. The Bertz CT molecular complexity index is 1060. The smallest absolute Gasteiger partial charge is 0.327 e. The normalized spacial score (nSPS) is 17.2. The van der Waals surface area contributed by atoms with E-state index in [9.17, 15) is 19.2 Å². The van der Waals surface area contributed by atoms with Gasteiger partial charge in [0.05, 0.1) is 18.2 Å². The topological polar surface area (TPSA) is 87.2 Å². The number of benzene rings is 2. The van der Waals surface area contributed by atoms with E-state index in [1.165, 1.54) is 7.11 Å². The number of piperazine rings is 1. The first-order valence-corrected chi connectivity index (χ1v) is 11.1. The van der Waals surface area contributed by atoms with Crippen molar-refractivity contribution in [2.45, 2.75) is 12.5 Å². The first-order valence-electron chi connectivity index (χ1n) is 10.7. The molecule has 9 heteroatoms. The molecule has 0 bridgehead atoms. The average molecular weight is 470 g/mol. The minimum absolute atomic E-state index is 0.0375. The van der Waals surface area contributed by atoms with Gasteiger partial charge in [0.25, 0.3) is 11.8 Å². The molecule has 8 nitrogen and oxygen atoms in total. The van der Waals surface area contributed by atoms with E-state index in [0.29, 0.717) is 47.9 Å². The maximum atomic E-state index is 12.8. The second kappa shape index (κ2) is 9.72. The molecule has 2 heterocycles. The van der Waals surface area contributed by atoms with Crippen molar-refractivity contribution < 1.29 is 23.9 Å². The Morgan fingerprint density at radius 3 is 2.09 bits per heavy atom. The van der Waals surface area contributed by atoms with Crippen LogP contribution in [0.3, 0.4) is 0 Å². The molecule has 0 spiro atoms. The number of hydrogen-bond donors (Lipinski definition) is 0. The Morgan fingerprint density at radius 2 is 1.52 bits per heavy atom. The second-order valence-electron chi connectivity index (χ2n) is 7.92. The van der Waals surface area contributed by atoms with Gasteiger partial charge in [-0.15, -0.1) is 0 Å². The summed E-state index contributed by atoms with van der Waals surface area (Å²) in [5, 5.41) is 0.479. The Kier molecular flexibility index (Phi) is 6.76. The van der Waals surface area contributed by atoms with Crippen molar-refractivity contribution in [1.82, 2.24) is 14.7 Å². The summed E-state index contributed by atoms with van der Waals surface area (Å²) in [6.45, 7) is 1.79. The van der Waals surface area contributed by atoms with Crippen LogP contribution < -0.4 is 0 Å². The monoisotopic (exact) mass is 469 g/mol. The van der Waals surface area contributed by atoms with Crippen molar-refractivity contribution in [3.63, 3.8) is 0 Å². The van der Waals surface area contributed by atoms with Crippen molar-refractivity contribution in [2.75, 3.05) is 39.8 Å². The van der Waals surface area contributed by atoms with Gasteiger partial charge in [0, 0.05) is 44.2 Å². The molecule has 0 unspecified atom stereocenters. The molecule has 1 atom stereocenters. The van der Waals surface area contributed by atoms with E-state index in [4.69, 9.17) is 16.3 Å². The quantitative estimate of drug-likeness (QED) is 0.477. The Hall–Kier alpha value is -3.23. The van der Waals surface area contributed by atoms with Gasteiger partial charge in [-0.2, -0.15) is 0 Å². The lowest BCUT2D eigenvalue weighted by atomic mass is 10.0. The Balaban J connectivity index is 1.35. The number of halogens is 1. The molecule has 3 amide bonds. The lowest BCUT2D eigenvalue weighted by Crippen LogP contribution is -2.51. The molecule has 4 rings (SSSR count). The lowest BCUT2D eigenvalue weighted by Gasteiger charge is -2.38. The third-order valence-electron chi connectivity index (χ3n) is 6.08. The maximum absolute atomic E-state index is 12.8. The van der Waals surface area contributed by atoms with Crippen LogP contribution in [0.2, 0.25) is 5.02 Å². The summed E-state index contributed by atoms with van der Waals surface area (Å²) in [6, 6.07) is 13.1. The molecule has 172 valence electrons. The van der Waals surface area contributed by atoms with Crippen molar-refractivity contribution in [3.8, 4) is 0 Å². The first-order chi connectivity index (χ1) is 15.9. The van der Waals surface area contributed by atoms with Gasteiger partial charge in [-0.25, -0.2) is 4.79 Å². The molecule has 2 aromatic carbocycles. The van der Waals surface area contributed by atoms with Crippen molar-refractivity contribution in [2.24, 2.45) is 0 Å². The van der Waals surface area contributed by atoms with Crippen LogP contribution in [0.15, 0.2) is 48.5 Å². The van der Waals surface area contributed by atoms with Crippen LogP contribution in [0.25, 0.3) is 0 Å². The van der Waals surface area contributed by atoms with Gasteiger partial charge in [0.1, 0.15) is 6.04 Å². The van der Waals surface area contributed by atoms with E-state index in [2.05, 4.69) is 0 Å². The van der Waals surface area contributed by atoms with E-state index in [1.54, 1.807) is 47.4 Å². The number of esters is 1. The third kappa shape index (κ3) is 4.49. The summed E-state index contributed by atoms with van der Waals surface area (Å²) < 4.78 is 5.00. The Morgan fingerprint density at radius 1 is 0.939 bits per heavy atom. The highest BCUT2D eigenvalue weighted by molar-refractivity contribution is 6.31. The first kappa shape index (κ1) is 22.9. The van der Waals surface area contributed by atoms with Crippen molar-refractivity contribution >= 4 is 35.3 Å². The van der Waals surface area contributed by atoms with Crippen LogP contribution in [-0.2, 0) is 14.3 Å². The van der Waals surface area contributed by atoms with Gasteiger partial charge in [0.15, 0.2) is 0 Å². The fourth-order valence-corrected chi connectivity index (χ4v) is 4.56. The van der Waals surface area contributed by atoms with Crippen LogP contribution in [0.5, 0.6) is 0 Å². The number of fused-ring (bicyclic) bond motifs is 1. The van der Waals surface area contributed by atoms with Crippen LogP contribution >= 0.6 is 11.6 Å². The predicted molar refractivity (Wildman–Crippen MR) is 121 cm³/mol. The molecule has 0 saturated carbocycles. The molecule has 0 aliphatic carbocycles. The molecule has 2 aliphatic heterocycles. The predicted octanol–water partition coefficient (Wildman–Crippen LogP) is 2.38. The molecular weight excluding hydrogens is 446 g/mol. The standard InChI is InChI=1S/C24H24ClN3O5/c1-33-24(32)21(18-8-4-5-9-19(18)25)27-14-12-26(13-15-27)20(29)10-11-28-22(30)16-6-2-3-7-17(16)23(28)31/h2-9,21H,10-15H2,1H3/t21-/m0/s1. The number of amides is 3. The number of methoxy groups -OCH3 is 1. The van der Waals surface area contributed by atoms with Crippen LogP contribution in [-0.4, -0.2) is 78.2 Å². The largest absolute Gasteiger partial charge is 0.468 e. The highest BCUT2D eigenvalue weighted by Crippen LogP contribution is 2.29. The van der Waals surface area contributed by atoms with Gasteiger partial charge >= 0.3 is 5.97 Å². The summed E-state index contributed by atoms with van der Waals surface area (Å²) in [5.74, 6) is -1.28. The van der Waals surface area contributed by atoms with E-state index < -0.39 is 12.0 Å². The van der Waals surface area contributed by atoms with Gasteiger partial charge < -0.3 is 9.64 Å². The van der Waals surface area contributed by atoms with Crippen LogP contribution in [0, 0.1) is 0 Å². The summed E-state index contributed by atoms with van der Waals surface area (Å²) in [4.78, 5) is 55.0. The maximum Gasteiger partial charge on any atom is 0.327 e. The number of rotatable bonds is 6. The zero-order valence-electron chi connectivity index (χ0n) is 18.2. The highest BCUT2D eigenvalue weighted by Gasteiger charge is 2.36. The molecule has 33 heavy (non-hydrogen) atoms.